The van der Waals surface area contributed by atoms with Gasteiger partial charge < -0.3 is 31.4 Å². The number of carbonyl (C=O) groups is 3. The number of amides is 3. The van der Waals surface area contributed by atoms with E-state index in [0.717, 1.165) is 11.4 Å². The highest BCUT2D eigenvalue weighted by Crippen LogP contribution is 2.40. The van der Waals surface area contributed by atoms with Gasteiger partial charge in [0.05, 0.1) is 16.9 Å². The molecular formula is C34H37FN6O4. The molecule has 3 amide bonds. The fourth-order valence-corrected chi connectivity index (χ4v) is 5.66. The molecule has 0 saturated heterocycles. The van der Waals surface area contributed by atoms with Gasteiger partial charge in [0.2, 0.25) is 5.91 Å². The summed E-state index contributed by atoms with van der Waals surface area (Å²) in [7, 11) is 0. The second kappa shape index (κ2) is 12.1. The maximum atomic E-state index is 13.9. The van der Waals surface area contributed by atoms with Gasteiger partial charge >= 0.3 is 6.09 Å². The number of aromatic nitrogens is 2. The number of rotatable bonds is 8. The average Bonchev–Trinajstić information content (AvgIpc) is 3.30. The lowest BCUT2D eigenvalue weighted by Gasteiger charge is -2.35. The van der Waals surface area contributed by atoms with E-state index in [1.54, 1.807) is 18.3 Å². The predicted octanol–water partition coefficient (Wildman–Crippen LogP) is 6.26. The van der Waals surface area contributed by atoms with Gasteiger partial charge in [-0.3, -0.25) is 9.59 Å². The quantitative estimate of drug-likeness (QED) is 0.159. The first-order valence-corrected chi connectivity index (χ1v) is 14.6. The van der Waals surface area contributed by atoms with Crippen molar-refractivity contribution in [3.05, 3.63) is 95.6 Å². The fourth-order valence-electron chi connectivity index (χ4n) is 5.66. The normalized spacial score (nSPS) is 15.3. The minimum absolute atomic E-state index is 0.199. The van der Waals surface area contributed by atoms with Crippen molar-refractivity contribution in [1.82, 2.24) is 15.3 Å². The molecule has 0 fully saturated rings. The number of nitrogens with two attached hydrogens (primary N) is 1. The number of hydrogen-bond acceptors (Lipinski definition) is 6. The number of H-pyrrole nitrogens is 1. The third kappa shape index (κ3) is 6.98. The number of benzene rings is 2. The van der Waals surface area contributed by atoms with E-state index in [1.807, 2.05) is 65.0 Å². The van der Waals surface area contributed by atoms with Crippen LogP contribution in [0.5, 0.6) is 0 Å². The van der Waals surface area contributed by atoms with Crippen molar-refractivity contribution < 1.29 is 23.5 Å². The Balaban J connectivity index is 1.54. The number of aromatic amines is 1. The second-order valence-corrected chi connectivity index (χ2v) is 12.9. The Kier molecular flexibility index (Phi) is 8.38. The molecule has 0 aliphatic carbocycles. The van der Waals surface area contributed by atoms with E-state index in [0.29, 0.717) is 34.5 Å². The highest BCUT2D eigenvalue weighted by molar-refractivity contribution is 6.07. The molecule has 6 N–H and O–H groups in total. The monoisotopic (exact) mass is 612 g/mol. The second-order valence-electron chi connectivity index (χ2n) is 12.9. The summed E-state index contributed by atoms with van der Waals surface area (Å²) in [6, 6.07) is 18.4. The van der Waals surface area contributed by atoms with Crippen LogP contribution in [0.25, 0.3) is 11.3 Å². The lowest BCUT2D eigenvalue weighted by atomic mass is 9.77. The number of pyridine rings is 1. The molecule has 1 aliphatic rings. The Morgan fingerprint density at radius 3 is 2.40 bits per heavy atom. The summed E-state index contributed by atoms with van der Waals surface area (Å²) in [5, 5.41) is 9.33. The van der Waals surface area contributed by atoms with E-state index >= 15 is 0 Å². The summed E-state index contributed by atoms with van der Waals surface area (Å²) in [6.07, 6.45) is 0.119. The smallest absolute Gasteiger partial charge is 0.404 e. The third-order valence-corrected chi connectivity index (χ3v) is 7.63. The predicted molar refractivity (Wildman–Crippen MR) is 171 cm³/mol. The molecule has 45 heavy (non-hydrogen) atoms. The minimum Gasteiger partial charge on any atom is -0.445 e. The minimum atomic E-state index is -1.04. The van der Waals surface area contributed by atoms with E-state index in [4.69, 9.17) is 10.5 Å². The molecule has 0 radical (unpaired) electrons. The maximum absolute atomic E-state index is 13.9. The zero-order valence-corrected chi connectivity index (χ0v) is 25.8. The van der Waals surface area contributed by atoms with Crippen molar-refractivity contribution >= 4 is 35.1 Å². The highest BCUT2D eigenvalue weighted by Gasteiger charge is 2.41. The first kappa shape index (κ1) is 31.2. The molecule has 1 aliphatic heterocycles. The summed E-state index contributed by atoms with van der Waals surface area (Å²) in [5.74, 6) is -2.01. The van der Waals surface area contributed by atoms with Gasteiger partial charge in [0.25, 0.3) is 5.91 Å². The SMILES string of the molecule is CC1(C)Cc2[nH]c(-c3ccnc(NC(=O)C(c4ccc(F)cc4)C(OC(N)=O)C(C)(C)C)c3)c(Nc3ccccc3)c2C(=O)N1. The third-order valence-electron chi connectivity index (χ3n) is 7.63. The summed E-state index contributed by atoms with van der Waals surface area (Å²) in [5.41, 5.74) is 8.69. The van der Waals surface area contributed by atoms with Gasteiger partial charge in [-0.15, -0.1) is 0 Å². The van der Waals surface area contributed by atoms with Crippen LogP contribution in [0.3, 0.4) is 0 Å². The van der Waals surface area contributed by atoms with Gasteiger partial charge in [-0.25, -0.2) is 14.2 Å². The Hall–Kier alpha value is -5.19. The number of halogens is 1. The molecule has 5 rings (SSSR count). The summed E-state index contributed by atoms with van der Waals surface area (Å²) in [4.78, 5) is 47.0. The molecule has 2 unspecified atom stereocenters. The molecule has 3 heterocycles. The summed E-state index contributed by atoms with van der Waals surface area (Å²) in [6.45, 7) is 9.37. The van der Waals surface area contributed by atoms with Gasteiger partial charge in [0.15, 0.2) is 0 Å². The molecule has 4 aromatic rings. The topological polar surface area (TPSA) is 151 Å². The molecule has 0 spiro atoms. The summed E-state index contributed by atoms with van der Waals surface area (Å²) < 4.78 is 19.3. The number of primary amides is 1. The van der Waals surface area contributed by atoms with Crippen LogP contribution < -0.4 is 21.7 Å². The number of ether oxygens (including phenoxy) is 1. The highest BCUT2D eigenvalue weighted by atomic mass is 19.1. The van der Waals surface area contributed by atoms with Gasteiger partial charge in [0, 0.05) is 40.5 Å². The Morgan fingerprint density at radius 2 is 1.76 bits per heavy atom. The van der Waals surface area contributed by atoms with Crippen LogP contribution in [-0.2, 0) is 16.0 Å². The van der Waals surface area contributed by atoms with Crippen LogP contribution in [0, 0.1) is 11.2 Å². The number of nitrogens with one attached hydrogen (secondary N) is 4. The van der Waals surface area contributed by atoms with Crippen molar-refractivity contribution in [3.63, 3.8) is 0 Å². The zero-order valence-electron chi connectivity index (χ0n) is 25.8. The van der Waals surface area contributed by atoms with Crippen LogP contribution >= 0.6 is 0 Å². The Bertz CT molecular complexity index is 1730. The van der Waals surface area contributed by atoms with Crippen LogP contribution in [0.2, 0.25) is 0 Å². The first-order chi connectivity index (χ1) is 21.2. The van der Waals surface area contributed by atoms with Crippen molar-refractivity contribution in [2.24, 2.45) is 11.1 Å². The largest absolute Gasteiger partial charge is 0.445 e. The number of nitrogens with zero attached hydrogens (tertiary/aromatic N) is 1. The van der Waals surface area contributed by atoms with E-state index in [2.05, 4.69) is 25.9 Å². The molecule has 0 saturated carbocycles. The lowest BCUT2D eigenvalue weighted by Crippen LogP contribution is -2.49. The fraction of sp³-hybridized carbons (Fsp3) is 0.294. The molecule has 2 atom stereocenters. The van der Waals surface area contributed by atoms with Crippen LogP contribution in [-0.4, -0.2) is 39.5 Å². The van der Waals surface area contributed by atoms with E-state index < -0.39 is 40.8 Å². The van der Waals surface area contributed by atoms with Crippen molar-refractivity contribution in [2.45, 2.75) is 58.6 Å². The van der Waals surface area contributed by atoms with Crippen LogP contribution in [0.15, 0.2) is 72.9 Å². The number of carbonyl (C=O) groups excluding carboxylic acids is 3. The molecule has 0 bridgehead atoms. The van der Waals surface area contributed by atoms with Crippen molar-refractivity contribution in [1.29, 1.82) is 0 Å². The Morgan fingerprint density at radius 1 is 1.07 bits per heavy atom. The van der Waals surface area contributed by atoms with Gasteiger partial charge in [-0.05, 0) is 55.8 Å². The molecule has 2 aromatic heterocycles. The number of hydrogen-bond donors (Lipinski definition) is 5. The van der Waals surface area contributed by atoms with Gasteiger partial charge in [0.1, 0.15) is 23.7 Å². The van der Waals surface area contributed by atoms with Gasteiger partial charge in [-0.1, -0.05) is 51.1 Å². The first-order valence-electron chi connectivity index (χ1n) is 14.6. The summed E-state index contributed by atoms with van der Waals surface area (Å²) >= 11 is 0. The van der Waals surface area contributed by atoms with E-state index in [1.165, 1.54) is 24.3 Å². The standard InChI is InChI=1S/C34H37FN6O4/c1-33(2,3)29(45-32(36)44)25(19-11-13-21(35)14-12-19)30(42)40-24-17-20(15-16-37-24)27-28(38-22-9-7-6-8-10-22)26-23(39-27)18-34(4,5)41-31(26)43/h6-17,25,29,38-39H,18H2,1-5H3,(H2,36,44)(H,41,43)(H,37,40,42). The van der Waals surface area contributed by atoms with E-state index in [-0.39, 0.29) is 11.7 Å². The Labute approximate surface area is 261 Å². The molecule has 11 heteroatoms. The van der Waals surface area contributed by atoms with Crippen LogP contribution in [0.4, 0.5) is 26.4 Å². The maximum Gasteiger partial charge on any atom is 0.404 e. The molecule has 234 valence electrons. The van der Waals surface area contributed by atoms with Crippen LogP contribution in [0.1, 0.15) is 62.2 Å². The average molecular weight is 613 g/mol. The number of anilines is 3. The van der Waals surface area contributed by atoms with E-state index in [9.17, 15) is 18.8 Å². The van der Waals surface area contributed by atoms with Crippen molar-refractivity contribution in [3.8, 4) is 11.3 Å². The molecule has 2 aromatic carbocycles. The van der Waals surface area contributed by atoms with Gasteiger partial charge in [-0.2, -0.15) is 0 Å². The van der Waals surface area contributed by atoms with Crippen molar-refractivity contribution in [2.75, 3.05) is 10.6 Å². The number of para-hydroxylation sites is 1. The number of fused-ring (bicyclic) bond motifs is 1. The molecular weight excluding hydrogens is 575 g/mol. The zero-order chi connectivity index (χ0) is 32.5. The lowest BCUT2D eigenvalue weighted by molar-refractivity contribution is -0.122. The molecule has 10 nitrogen and oxygen atoms in total.